The number of rotatable bonds is 5. The summed E-state index contributed by atoms with van der Waals surface area (Å²) < 4.78 is 6.27. The standard InChI is InChI=1S/C15H14BrClN2O/c1-2-20-15-13(16)8-11(9-14(15)17)10-18-19-12-6-4-3-5-7-12/h3-10,19H,2H2,1H3. The lowest BCUT2D eigenvalue weighted by atomic mass is 10.2. The fourth-order valence-corrected chi connectivity index (χ4v) is 2.62. The van der Waals surface area contributed by atoms with Crippen LogP contribution in [0.4, 0.5) is 5.69 Å². The molecule has 0 bridgehead atoms. The number of hydrazone groups is 1. The van der Waals surface area contributed by atoms with Gasteiger partial charge in [-0.25, -0.2) is 0 Å². The molecule has 0 aliphatic heterocycles. The Labute approximate surface area is 131 Å². The van der Waals surface area contributed by atoms with Crippen LogP contribution in [0.3, 0.4) is 0 Å². The predicted molar refractivity (Wildman–Crippen MR) is 88.0 cm³/mol. The topological polar surface area (TPSA) is 33.6 Å². The van der Waals surface area contributed by atoms with Gasteiger partial charge in [-0.2, -0.15) is 5.10 Å². The molecule has 3 nitrogen and oxygen atoms in total. The second kappa shape index (κ2) is 7.31. The SMILES string of the molecule is CCOc1c(Cl)cc(C=NNc2ccccc2)cc1Br. The van der Waals surface area contributed by atoms with Gasteiger partial charge in [0.2, 0.25) is 0 Å². The van der Waals surface area contributed by atoms with Crippen molar-refractivity contribution in [1.29, 1.82) is 0 Å². The molecule has 0 aliphatic carbocycles. The summed E-state index contributed by atoms with van der Waals surface area (Å²) in [6, 6.07) is 13.5. The molecule has 0 aliphatic rings. The molecule has 0 radical (unpaired) electrons. The largest absolute Gasteiger partial charge is 0.491 e. The average Bonchev–Trinajstić information content (AvgIpc) is 2.44. The third kappa shape index (κ3) is 3.99. The lowest BCUT2D eigenvalue weighted by Gasteiger charge is -2.08. The van der Waals surface area contributed by atoms with Gasteiger partial charge in [-0.3, -0.25) is 5.43 Å². The molecule has 0 amide bonds. The molecule has 0 spiro atoms. The second-order valence-corrected chi connectivity index (χ2v) is 5.24. The molecule has 2 aromatic rings. The van der Waals surface area contributed by atoms with E-state index in [4.69, 9.17) is 16.3 Å². The minimum absolute atomic E-state index is 0.558. The number of para-hydroxylation sites is 1. The highest BCUT2D eigenvalue weighted by Crippen LogP contribution is 2.34. The Morgan fingerprint density at radius 2 is 2.05 bits per heavy atom. The number of ether oxygens (including phenoxy) is 1. The first-order valence-corrected chi connectivity index (χ1v) is 7.33. The van der Waals surface area contributed by atoms with Crippen LogP contribution in [0.15, 0.2) is 52.0 Å². The van der Waals surface area contributed by atoms with Gasteiger partial charge in [0, 0.05) is 0 Å². The van der Waals surface area contributed by atoms with Gasteiger partial charge in [0.1, 0.15) is 0 Å². The molecule has 0 atom stereocenters. The van der Waals surface area contributed by atoms with Gasteiger partial charge >= 0.3 is 0 Å². The van der Waals surface area contributed by atoms with Crippen LogP contribution in [0.25, 0.3) is 0 Å². The molecule has 5 heteroatoms. The van der Waals surface area contributed by atoms with Crippen LogP contribution < -0.4 is 10.2 Å². The van der Waals surface area contributed by atoms with Crippen molar-refractivity contribution in [3.8, 4) is 5.75 Å². The first kappa shape index (κ1) is 14.9. The van der Waals surface area contributed by atoms with Crippen LogP contribution in [0, 0.1) is 0 Å². The Hall–Kier alpha value is -1.52. The van der Waals surface area contributed by atoms with E-state index < -0.39 is 0 Å². The van der Waals surface area contributed by atoms with Crippen molar-refractivity contribution >= 4 is 39.4 Å². The molecular weight excluding hydrogens is 340 g/mol. The van der Waals surface area contributed by atoms with Crippen LogP contribution >= 0.6 is 27.5 Å². The highest BCUT2D eigenvalue weighted by Gasteiger charge is 2.07. The van der Waals surface area contributed by atoms with Gasteiger partial charge in [-0.1, -0.05) is 29.8 Å². The number of nitrogens with zero attached hydrogens (tertiary/aromatic N) is 1. The van der Waals surface area contributed by atoms with E-state index in [9.17, 15) is 0 Å². The molecule has 0 heterocycles. The summed E-state index contributed by atoms with van der Waals surface area (Å²) in [4.78, 5) is 0. The fourth-order valence-electron chi connectivity index (χ4n) is 1.63. The van der Waals surface area contributed by atoms with Crippen LogP contribution in [-0.4, -0.2) is 12.8 Å². The lowest BCUT2D eigenvalue weighted by molar-refractivity contribution is 0.338. The first-order valence-electron chi connectivity index (χ1n) is 6.16. The molecular formula is C15H14BrClN2O. The zero-order valence-corrected chi connectivity index (χ0v) is 13.3. The number of nitrogens with one attached hydrogen (secondary N) is 1. The maximum atomic E-state index is 6.17. The van der Waals surface area contributed by atoms with Crippen LogP contribution in [0.1, 0.15) is 12.5 Å². The van der Waals surface area contributed by atoms with E-state index >= 15 is 0 Å². The molecule has 0 saturated carbocycles. The van der Waals surface area contributed by atoms with Crippen LogP contribution in [0.2, 0.25) is 5.02 Å². The third-order valence-corrected chi connectivity index (χ3v) is 3.36. The summed E-state index contributed by atoms with van der Waals surface area (Å²) in [6.07, 6.45) is 1.71. The highest BCUT2D eigenvalue weighted by atomic mass is 79.9. The number of halogens is 2. The summed E-state index contributed by atoms with van der Waals surface area (Å²) in [7, 11) is 0. The first-order chi connectivity index (χ1) is 9.70. The third-order valence-electron chi connectivity index (χ3n) is 2.49. The number of anilines is 1. The Kier molecular flexibility index (Phi) is 5.44. The maximum Gasteiger partial charge on any atom is 0.152 e. The predicted octanol–water partition coefficient (Wildman–Crippen LogP) is 4.95. The van der Waals surface area contributed by atoms with E-state index in [-0.39, 0.29) is 0 Å². The van der Waals surface area contributed by atoms with Crippen molar-refractivity contribution in [3.63, 3.8) is 0 Å². The zero-order valence-electron chi connectivity index (χ0n) is 10.9. The van der Waals surface area contributed by atoms with Gasteiger partial charge in [-0.15, -0.1) is 0 Å². The minimum atomic E-state index is 0.558. The van der Waals surface area contributed by atoms with Crippen molar-refractivity contribution in [2.75, 3.05) is 12.0 Å². The molecule has 1 N–H and O–H groups in total. The normalized spacial score (nSPS) is 10.8. The Morgan fingerprint density at radius 1 is 1.30 bits per heavy atom. The van der Waals surface area contributed by atoms with Crippen LogP contribution in [-0.2, 0) is 0 Å². The van der Waals surface area contributed by atoms with E-state index in [1.165, 1.54) is 0 Å². The molecule has 2 rings (SSSR count). The molecule has 0 unspecified atom stereocenters. The summed E-state index contributed by atoms with van der Waals surface area (Å²) in [5.74, 6) is 0.655. The second-order valence-electron chi connectivity index (χ2n) is 3.98. The summed E-state index contributed by atoms with van der Waals surface area (Å²) >= 11 is 9.62. The van der Waals surface area contributed by atoms with Crippen molar-refractivity contribution < 1.29 is 4.74 Å². The Morgan fingerprint density at radius 3 is 2.70 bits per heavy atom. The molecule has 0 aromatic heterocycles. The molecule has 104 valence electrons. The highest BCUT2D eigenvalue weighted by molar-refractivity contribution is 9.10. The van der Waals surface area contributed by atoms with Crippen molar-refractivity contribution in [2.24, 2.45) is 5.10 Å². The molecule has 0 saturated heterocycles. The van der Waals surface area contributed by atoms with Crippen molar-refractivity contribution in [3.05, 3.63) is 57.5 Å². The smallest absolute Gasteiger partial charge is 0.152 e. The number of benzene rings is 2. The van der Waals surface area contributed by atoms with Gasteiger partial charge < -0.3 is 4.74 Å². The van der Waals surface area contributed by atoms with E-state index in [1.807, 2.05) is 49.4 Å². The number of hydrogen-bond donors (Lipinski definition) is 1. The van der Waals surface area contributed by atoms with E-state index in [2.05, 4.69) is 26.5 Å². The lowest BCUT2D eigenvalue weighted by Crippen LogP contribution is -1.95. The molecule has 2 aromatic carbocycles. The van der Waals surface area contributed by atoms with Gasteiger partial charge in [0.25, 0.3) is 0 Å². The monoisotopic (exact) mass is 352 g/mol. The molecule has 0 fully saturated rings. The minimum Gasteiger partial charge on any atom is -0.491 e. The number of hydrogen-bond acceptors (Lipinski definition) is 3. The van der Waals surface area contributed by atoms with E-state index in [0.717, 1.165) is 15.7 Å². The zero-order chi connectivity index (χ0) is 14.4. The summed E-state index contributed by atoms with van der Waals surface area (Å²) in [5.41, 5.74) is 4.77. The fraction of sp³-hybridized carbons (Fsp3) is 0.133. The van der Waals surface area contributed by atoms with E-state index in [0.29, 0.717) is 17.4 Å². The maximum absolute atomic E-state index is 6.17. The van der Waals surface area contributed by atoms with E-state index in [1.54, 1.807) is 6.21 Å². The Bertz CT molecular complexity index is 579. The van der Waals surface area contributed by atoms with Crippen LogP contribution in [0.5, 0.6) is 5.75 Å². The van der Waals surface area contributed by atoms with Gasteiger partial charge in [0.15, 0.2) is 5.75 Å². The van der Waals surface area contributed by atoms with Crippen molar-refractivity contribution in [2.45, 2.75) is 6.92 Å². The Balaban J connectivity index is 2.10. The summed E-state index contributed by atoms with van der Waals surface area (Å²) in [5, 5.41) is 4.73. The summed E-state index contributed by atoms with van der Waals surface area (Å²) in [6.45, 7) is 2.49. The van der Waals surface area contributed by atoms with Gasteiger partial charge in [0.05, 0.1) is 28.0 Å². The average molecular weight is 354 g/mol. The molecule has 20 heavy (non-hydrogen) atoms. The van der Waals surface area contributed by atoms with Gasteiger partial charge in [-0.05, 0) is 52.7 Å². The quantitative estimate of drug-likeness (QED) is 0.609. The van der Waals surface area contributed by atoms with Crippen molar-refractivity contribution in [1.82, 2.24) is 0 Å².